The van der Waals surface area contributed by atoms with Crippen molar-refractivity contribution in [3.63, 3.8) is 0 Å². The van der Waals surface area contributed by atoms with Crippen LogP contribution in [-0.4, -0.2) is 33.4 Å². The first kappa shape index (κ1) is 21.0. The molecule has 0 fully saturated rings. The SMILES string of the molecule is O=C(COC(=O)c1ccco1)c1ccc(-n2nncc2-c2cccc(C(F)(F)F)c2)cc1. The van der Waals surface area contributed by atoms with Crippen molar-refractivity contribution in [2.75, 3.05) is 6.61 Å². The van der Waals surface area contributed by atoms with E-state index in [1.54, 1.807) is 12.1 Å². The molecule has 4 aromatic rings. The van der Waals surface area contributed by atoms with Gasteiger partial charge in [0.15, 0.2) is 12.4 Å². The first-order valence-electron chi connectivity index (χ1n) is 9.25. The van der Waals surface area contributed by atoms with Crippen LogP contribution in [0.4, 0.5) is 13.2 Å². The van der Waals surface area contributed by atoms with Crippen molar-refractivity contribution in [1.82, 2.24) is 15.0 Å². The molecular formula is C22H14F3N3O4. The van der Waals surface area contributed by atoms with Crippen LogP contribution < -0.4 is 0 Å². The van der Waals surface area contributed by atoms with E-state index in [9.17, 15) is 22.8 Å². The summed E-state index contributed by atoms with van der Waals surface area (Å²) in [6.07, 6.45) is -1.81. The molecule has 10 heteroatoms. The van der Waals surface area contributed by atoms with E-state index in [1.165, 1.54) is 53.5 Å². The zero-order valence-corrected chi connectivity index (χ0v) is 16.2. The molecule has 0 saturated carbocycles. The Labute approximate surface area is 179 Å². The first-order valence-corrected chi connectivity index (χ1v) is 9.25. The van der Waals surface area contributed by atoms with Crippen LogP contribution in [-0.2, 0) is 10.9 Å². The molecule has 2 aromatic carbocycles. The van der Waals surface area contributed by atoms with Gasteiger partial charge in [-0.1, -0.05) is 17.3 Å². The molecule has 0 saturated heterocycles. The fraction of sp³-hybridized carbons (Fsp3) is 0.0909. The number of hydrogen-bond acceptors (Lipinski definition) is 6. The molecule has 162 valence electrons. The van der Waals surface area contributed by atoms with Gasteiger partial charge in [0.25, 0.3) is 0 Å². The highest BCUT2D eigenvalue weighted by Crippen LogP contribution is 2.32. The normalized spacial score (nSPS) is 11.3. The number of ether oxygens (including phenoxy) is 1. The van der Waals surface area contributed by atoms with Crippen LogP contribution in [0.1, 0.15) is 26.5 Å². The summed E-state index contributed by atoms with van der Waals surface area (Å²) in [5.41, 5.74) is 0.617. The van der Waals surface area contributed by atoms with Crippen LogP contribution in [0.2, 0.25) is 0 Å². The molecule has 7 nitrogen and oxygen atoms in total. The number of aromatic nitrogens is 3. The monoisotopic (exact) mass is 441 g/mol. The number of alkyl halides is 3. The number of halogens is 3. The van der Waals surface area contributed by atoms with Crippen molar-refractivity contribution in [3.8, 4) is 16.9 Å². The maximum Gasteiger partial charge on any atom is 0.416 e. The lowest BCUT2D eigenvalue weighted by atomic mass is 10.1. The number of hydrogen-bond donors (Lipinski definition) is 0. The highest BCUT2D eigenvalue weighted by atomic mass is 19.4. The lowest BCUT2D eigenvalue weighted by molar-refractivity contribution is -0.137. The molecule has 0 amide bonds. The van der Waals surface area contributed by atoms with E-state index in [2.05, 4.69) is 10.3 Å². The predicted molar refractivity (Wildman–Crippen MR) is 105 cm³/mol. The van der Waals surface area contributed by atoms with E-state index in [4.69, 9.17) is 9.15 Å². The fourth-order valence-electron chi connectivity index (χ4n) is 2.95. The summed E-state index contributed by atoms with van der Waals surface area (Å²) in [5.74, 6) is -1.21. The van der Waals surface area contributed by atoms with E-state index >= 15 is 0 Å². The number of furan rings is 1. The second kappa shape index (κ2) is 8.50. The van der Waals surface area contributed by atoms with Gasteiger partial charge in [-0.15, -0.1) is 5.10 Å². The Balaban J connectivity index is 1.50. The number of ketones is 1. The predicted octanol–water partition coefficient (Wildman–Crippen LogP) is 4.59. The Kier molecular flexibility index (Phi) is 5.59. The first-order chi connectivity index (χ1) is 15.3. The zero-order valence-electron chi connectivity index (χ0n) is 16.2. The van der Waals surface area contributed by atoms with Gasteiger partial charge in [-0.05, 0) is 48.5 Å². The topological polar surface area (TPSA) is 87.2 Å². The highest BCUT2D eigenvalue weighted by molar-refractivity contribution is 5.99. The number of carbonyl (C=O) groups excluding carboxylic acids is 2. The van der Waals surface area contributed by atoms with Crippen molar-refractivity contribution in [2.45, 2.75) is 6.18 Å². The fourth-order valence-corrected chi connectivity index (χ4v) is 2.95. The largest absolute Gasteiger partial charge is 0.457 e. The summed E-state index contributed by atoms with van der Waals surface area (Å²) in [7, 11) is 0. The smallest absolute Gasteiger partial charge is 0.416 e. The van der Waals surface area contributed by atoms with Crippen molar-refractivity contribution in [3.05, 3.63) is 90.0 Å². The van der Waals surface area contributed by atoms with E-state index in [1.807, 2.05) is 0 Å². The van der Waals surface area contributed by atoms with Gasteiger partial charge in [0.1, 0.15) is 0 Å². The third-order valence-electron chi connectivity index (χ3n) is 4.53. The maximum absolute atomic E-state index is 13.0. The maximum atomic E-state index is 13.0. The molecule has 32 heavy (non-hydrogen) atoms. The summed E-state index contributed by atoms with van der Waals surface area (Å²) < 4.78 is 50.3. The lowest BCUT2D eigenvalue weighted by Crippen LogP contribution is -2.14. The van der Waals surface area contributed by atoms with Crippen molar-refractivity contribution >= 4 is 11.8 Å². The standard InChI is InChI=1S/C22H14F3N3O4/c23-22(24,25)16-4-1-3-15(11-16)18-12-26-27-28(18)17-8-6-14(7-9-17)19(29)13-32-21(30)20-5-2-10-31-20/h1-12H,13H2. The number of esters is 1. The minimum Gasteiger partial charge on any atom is -0.457 e. The molecular weight excluding hydrogens is 427 g/mol. The number of rotatable bonds is 6. The third-order valence-corrected chi connectivity index (χ3v) is 4.53. The Bertz CT molecular complexity index is 1250. The molecule has 0 aliphatic heterocycles. The van der Waals surface area contributed by atoms with Crippen LogP contribution >= 0.6 is 0 Å². The Morgan fingerprint density at radius 2 is 1.81 bits per heavy atom. The third kappa shape index (κ3) is 4.43. The highest BCUT2D eigenvalue weighted by Gasteiger charge is 2.30. The molecule has 0 N–H and O–H groups in total. The molecule has 0 spiro atoms. The van der Waals surface area contributed by atoms with Gasteiger partial charge in [-0.3, -0.25) is 4.79 Å². The molecule has 0 atom stereocenters. The molecule has 0 bridgehead atoms. The van der Waals surface area contributed by atoms with Gasteiger partial charge < -0.3 is 9.15 Å². The van der Waals surface area contributed by atoms with Crippen LogP contribution in [0.25, 0.3) is 16.9 Å². The molecule has 0 aliphatic carbocycles. The molecule has 4 rings (SSSR count). The summed E-state index contributed by atoms with van der Waals surface area (Å²) >= 11 is 0. The van der Waals surface area contributed by atoms with Crippen molar-refractivity contribution in [2.24, 2.45) is 0 Å². The van der Waals surface area contributed by atoms with Gasteiger partial charge in [0.05, 0.1) is 29.4 Å². The second-order valence-corrected chi connectivity index (χ2v) is 6.63. The van der Waals surface area contributed by atoms with Gasteiger partial charge in [0.2, 0.25) is 5.76 Å². The van der Waals surface area contributed by atoms with Crippen molar-refractivity contribution < 1.29 is 31.9 Å². The van der Waals surface area contributed by atoms with Gasteiger partial charge in [-0.2, -0.15) is 13.2 Å². The van der Waals surface area contributed by atoms with E-state index in [0.29, 0.717) is 11.4 Å². The summed E-state index contributed by atoms with van der Waals surface area (Å²) in [6, 6.07) is 13.9. The lowest BCUT2D eigenvalue weighted by Gasteiger charge is -2.10. The van der Waals surface area contributed by atoms with Crippen LogP contribution in [0, 0.1) is 0 Å². The average Bonchev–Trinajstić information content (AvgIpc) is 3.49. The molecule has 0 radical (unpaired) electrons. The van der Waals surface area contributed by atoms with Crippen LogP contribution in [0.15, 0.2) is 77.5 Å². The number of carbonyl (C=O) groups is 2. The Morgan fingerprint density at radius 3 is 2.50 bits per heavy atom. The number of nitrogens with zero attached hydrogens (tertiary/aromatic N) is 3. The van der Waals surface area contributed by atoms with Crippen molar-refractivity contribution in [1.29, 1.82) is 0 Å². The minimum absolute atomic E-state index is 0.0125. The number of benzene rings is 2. The quantitative estimate of drug-likeness (QED) is 0.321. The zero-order chi connectivity index (χ0) is 22.7. The van der Waals surface area contributed by atoms with Crippen LogP contribution in [0.5, 0.6) is 0 Å². The minimum atomic E-state index is -4.48. The molecule has 2 heterocycles. The Morgan fingerprint density at radius 1 is 1.03 bits per heavy atom. The van der Waals surface area contributed by atoms with E-state index in [0.717, 1.165) is 12.1 Å². The summed E-state index contributed by atoms with van der Waals surface area (Å²) in [4.78, 5) is 24.0. The van der Waals surface area contributed by atoms with E-state index in [-0.39, 0.29) is 16.9 Å². The second-order valence-electron chi connectivity index (χ2n) is 6.63. The van der Waals surface area contributed by atoms with E-state index < -0.39 is 30.1 Å². The summed E-state index contributed by atoms with van der Waals surface area (Å²) in [6.45, 7) is -0.475. The molecule has 0 unspecified atom stereocenters. The summed E-state index contributed by atoms with van der Waals surface area (Å²) in [5, 5.41) is 7.73. The van der Waals surface area contributed by atoms with Gasteiger partial charge in [-0.25, -0.2) is 9.48 Å². The molecule has 2 aromatic heterocycles. The van der Waals surface area contributed by atoms with Gasteiger partial charge >= 0.3 is 12.1 Å². The van der Waals surface area contributed by atoms with Crippen LogP contribution in [0.3, 0.4) is 0 Å². The molecule has 0 aliphatic rings. The van der Waals surface area contributed by atoms with Gasteiger partial charge in [0, 0.05) is 11.1 Å². The average molecular weight is 441 g/mol. The number of Topliss-reactive ketones (excluding diaryl/α,β-unsaturated/α-hetero) is 1. The Hall–Kier alpha value is -4.21.